The van der Waals surface area contributed by atoms with Gasteiger partial charge in [-0.05, 0) is 24.9 Å². The molecule has 1 atom stereocenters. The number of carbonyl (C=O) groups excluding carboxylic acids is 2. The predicted molar refractivity (Wildman–Crippen MR) is 78.1 cm³/mol. The van der Waals surface area contributed by atoms with Crippen LogP contribution in [0.5, 0.6) is 0 Å². The SMILES string of the molecule is Cc1nonc1C(=O)N[C@H]1CC(=O)N(C2CCCCCC2)C1. The number of rotatable bonds is 3. The maximum Gasteiger partial charge on any atom is 0.275 e. The molecular weight excluding hydrogens is 284 g/mol. The summed E-state index contributed by atoms with van der Waals surface area (Å²) in [4.78, 5) is 26.3. The second-order valence-electron chi connectivity index (χ2n) is 6.26. The Balaban J connectivity index is 1.59. The number of nitrogens with zero attached hydrogens (tertiary/aromatic N) is 3. The molecule has 1 N–H and O–H groups in total. The average Bonchev–Trinajstić information content (AvgIpc) is 2.95. The zero-order valence-electron chi connectivity index (χ0n) is 12.9. The lowest BCUT2D eigenvalue weighted by Gasteiger charge is -2.27. The van der Waals surface area contributed by atoms with Crippen molar-refractivity contribution in [3.63, 3.8) is 0 Å². The number of likely N-dealkylation sites (tertiary alicyclic amines) is 1. The smallest absolute Gasteiger partial charge is 0.275 e. The third-order valence-corrected chi connectivity index (χ3v) is 4.63. The van der Waals surface area contributed by atoms with E-state index in [4.69, 9.17) is 0 Å². The Bertz CT molecular complexity index is 549. The van der Waals surface area contributed by atoms with Crippen molar-refractivity contribution in [1.82, 2.24) is 20.5 Å². The first kappa shape index (κ1) is 15.0. The van der Waals surface area contributed by atoms with Crippen LogP contribution in [0.3, 0.4) is 0 Å². The fourth-order valence-electron chi connectivity index (χ4n) is 3.44. The number of hydrogen-bond acceptors (Lipinski definition) is 5. The van der Waals surface area contributed by atoms with Crippen molar-refractivity contribution in [3.05, 3.63) is 11.4 Å². The first-order chi connectivity index (χ1) is 10.6. The molecule has 1 aliphatic carbocycles. The van der Waals surface area contributed by atoms with Gasteiger partial charge < -0.3 is 10.2 Å². The minimum atomic E-state index is -0.320. The lowest BCUT2D eigenvalue weighted by molar-refractivity contribution is -0.129. The van der Waals surface area contributed by atoms with Gasteiger partial charge in [0.2, 0.25) is 5.91 Å². The zero-order chi connectivity index (χ0) is 15.5. The Hall–Kier alpha value is -1.92. The fourth-order valence-corrected chi connectivity index (χ4v) is 3.44. The van der Waals surface area contributed by atoms with Gasteiger partial charge in [0.15, 0.2) is 5.69 Å². The van der Waals surface area contributed by atoms with Crippen LogP contribution in [-0.2, 0) is 4.79 Å². The van der Waals surface area contributed by atoms with Gasteiger partial charge in [-0.1, -0.05) is 30.8 Å². The van der Waals surface area contributed by atoms with E-state index in [9.17, 15) is 9.59 Å². The molecule has 7 nitrogen and oxygen atoms in total. The molecule has 0 aromatic carbocycles. The highest BCUT2D eigenvalue weighted by molar-refractivity contribution is 5.94. The molecule has 0 spiro atoms. The van der Waals surface area contributed by atoms with E-state index in [1.807, 2.05) is 4.90 Å². The van der Waals surface area contributed by atoms with Gasteiger partial charge >= 0.3 is 0 Å². The summed E-state index contributed by atoms with van der Waals surface area (Å²) in [5.41, 5.74) is 0.655. The second-order valence-corrected chi connectivity index (χ2v) is 6.26. The van der Waals surface area contributed by atoms with Gasteiger partial charge in [-0.15, -0.1) is 0 Å². The van der Waals surface area contributed by atoms with Crippen molar-refractivity contribution in [1.29, 1.82) is 0 Å². The maximum absolute atomic E-state index is 12.3. The van der Waals surface area contributed by atoms with Crippen LogP contribution in [0.2, 0.25) is 0 Å². The molecule has 1 saturated carbocycles. The van der Waals surface area contributed by atoms with E-state index in [1.165, 1.54) is 25.7 Å². The molecule has 3 rings (SSSR count). The number of hydrogen-bond donors (Lipinski definition) is 1. The minimum absolute atomic E-state index is 0.146. The summed E-state index contributed by atoms with van der Waals surface area (Å²) in [6.45, 7) is 2.27. The van der Waals surface area contributed by atoms with Gasteiger partial charge in [-0.2, -0.15) is 0 Å². The van der Waals surface area contributed by atoms with E-state index in [-0.39, 0.29) is 23.6 Å². The maximum atomic E-state index is 12.3. The average molecular weight is 306 g/mol. The Morgan fingerprint density at radius 3 is 2.59 bits per heavy atom. The lowest BCUT2D eigenvalue weighted by Crippen LogP contribution is -2.40. The number of amides is 2. The molecule has 22 heavy (non-hydrogen) atoms. The topological polar surface area (TPSA) is 88.3 Å². The molecule has 0 unspecified atom stereocenters. The third kappa shape index (κ3) is 3.13. The van der Waals surface area contributed by atoms with Crippen LogP contribution >= 0.6 is 0 Å². The van der Waals surface area contributed by atoms with E-state index in [0.717, 1.165) is 12.8 Å². The highest BCUT2D eigenvalue weighted by Crippen LogP contribution is 2.25. The molecule has 1 saturated heterocycles. The molecule has 1 aromatic rings. The van der Waals surface area contributed by atoms with E-state index >= 15 is 0 Å². The van der Waals surface area contributed by atoms with Crippen LogP contribution in [0.15, 0.2) is 4.63 Å². The van der Waals surface area contributed by atoms with E-state index in [2.05, 4.69) is 20.3 Å². The Morgan fingerprint density at radius 1 is 1.23 bits per heavy atom. The lowest BCUT2D eigenvalue weighted by atomic mass is 10.1. The fraction of sp³-hybridized carbons (Fsp3) is 0.733. The first-order valence-corrected chi connectivity index (χ1v) is 8.04. The van der Waals surface area contributed by atoms with E-state index in [1.54, 1.807) is 6.92 Å². The summed E-state index contributed by atoms with van der Waals surface area (Å²) in [7, 11) is 0. The Labute approximate surface area is 129 Å². The van der Waals surface area contributed by atoms with Crippen LogP contribution in [0.25, 0.3) is 0 Å². The zero-order valence-corrected chi connectivity index (χ0v) is 12.9. The number of aryl methyl sites for hydroxylation is 1. The molecule has 2 amide bonds. The third-order valence-electron chi connectivity index (χ3n) is 4.63. The molecule has 2 fully saturated rings. The molecule has 7 heteroatoms. The van der Waals surface area contributed by atoms with Crippen LogP contribution < -0.4 is 5.32 Å². The van der Waals surface area contributed by atoms with Crippen molar-refractivity contribution in [2.24, 2.45) is 0 Å². The number of aromatic nitrogens is 2. The highest BCUT2D eigenvalue weighted by atomic mass is 16.6. The van der Waals surface area contributed by atoms with Crippen LogP contribution in [0.1, 0.15) is 61.1 Å². The van der Waals surface area contributed by atoms with Crippen LogP contribution in [0.4, 0.5) is 0 Å². The number of nitrogens with one attached hydrogen (secondary N) is 1. The van der Waals surface area contributed by atoms with Gasteiger partial charge in [0.1, 0.15) is 5.69 Å². The van der Waals surface area contributed by atoms with Crippen LogP contribution in [0, 0.1) is 6.92 Å². The van der Waals surface area contributed by atoms with Crippen molar-refractivity contribution < 1.29 is 14.2 Å². The molecule has 120 valence electrons. The normalized spacial score (nSPS) is 23.6. The molecule has 0 bridgehead atoms. The van der Waals surface area contributed by atoms with E-state index in [0.29, 0.717) is 24.7 Å². The molecule has 2 aliphatic rings. The number of carbonyl (C=O) groups is 2. The summed E-state index contributed by atoms with van der Waals surface area (Å²) >= 11 is 0. The molecule has 0 radical (unpaired) electrons. The Morgan fingerprint density at radius 2 is 1.95 bits per heavy atom. The molecular formula is C15H22N4O3. The summed E-state index contributed by atoms with van der Waals surface area (Å²) in [5, 5.41) is 10.1. The summed E-state index contributed by atoms with van der Waals surface area (Å²) in [5.74, 6) is -0.175. The van der Waals surface area contributed by atoms with Crippen molar-refractivity contribution in [2.45, 2.75) is 64.0 Å². The van der Waals surface area contributed by atoms with Gasteiger partial charge in [0.25, 0.3) is 5.91 Å². The molecule has 2 heterocycles. The monoisotopic (exact) mass is 306 g/mol. The van der Waals surface area contributed by atoms with Crippen LogP contribution in [-0.4, -0.2) is 45.7 Å². The Kier molecular flexibility index (Phi) is 4.40. The summed E-state index contributed by atoms with van der Waals surface area (Å²) in [6.07, 6.45) is 7.43. The van der Waals surface area contributed by atoms with Crippen molar-refractivity contribution in [3.8, 4) is 0 Å². The van der Waals surface area contributed by atoms with Gasteiger partial charge in [0.05, 0.1) is 6.04 Å². The molecule has 1 aliphatic heterocycles. The highest BCUT2D eigenvalue weighted by Gasteiger charge is 2.35. The first-order valence-electron chi connectivity index (χ1n) is 8.04. The minimum Gasteiger partial charge on any atom is -0.345 e. The van der Waals surface area contributed by atoms with Gasteiger partial charge in [-0.25, -0.2) is 4.63 Å². The molecule has 1 aromatic heterocycles. The predicted octanol–water partition coefficient (Wildman–Crippen LogP) is 1.43. The quantitative estimate of drug-likeness (QED) is 0.853. The largest absolute Gasteiger partial charge is 0.345 e. The van der Waals surface area contributed by atoms with Gasteiger partial charge in [0, 0.05) is 19.0 Å². The summed E-state index contributed by atoms with van der Waals surface area (Å²) in [6, 6.07) is 0.187. The van der Waals surface area contributed by atoms with Crippen molar-refractivity contribution in [2.75, 3.05) is 6.54 Å². The van der Waals surface area contributed by atoms with E-state index < -0.39 is 0 Å². The second kappa shape index (κ2) is 6.46. The van der Waals surface area contributed by atoms with Gasteiger partial charge in [-0.3, -0.25) is 9.59 Å². The standard InChI is InChI=1S/C15H22N4O3/c1-10-14(18-22-17-10)15(21)16-11-8-13(20)19(9-11)12-6-4-2-3-5-7-12/h11-12H,2-9H2,1H3,(H,16,21)/t11-/m0/s1. The van der Waals surface area contributed by atoms with Crippen molar-refractivity contribution >= 4 is 11.8 Å². The summed E-state index contributed by atoms with van der Waals surface area (Å²) < 4.78 is 4.54.